The zero-order chi connectivity index (χ0) is 32.3. The summed E-state index contributed by atoms with van der Waals surface area (Å²) in [5, 5.41) is 15.8. The molecule has 2 aromatic carbocycles. The van der Waals surface area contributed by atoms with Gasteiger partial charge in [0.25, 0.3) is 11.5 Å². The van der Waals surface area contributed by atoms with Crippen molar-refractivity contribution in [2.75, 3.05) is 13.7 Å². The fraction of sp³-hybridized carbons (Fsp3) is 0.455. The summed E-state index contributed by atoms with van der Waals surface area (Å²) in [5.41, 5.74) is 3.38. The Bertz CT molecular complexity index is 1470. The van der Waals surface area contributed by atoms with Gasteiger partial charge in [0, 0.05) is 26.8 Å². The Balaban J connectivity index is 1.78. The second-order valence-corrected chi connectivity index (χ2v) is 11.9. The van der Waals surface area contributed by atoms with Gasteiger partial charge in [0.1, 0.15) is 12.1 Å². The highest BCUT2D eigenvalue weighted by Crippen LogP contribution is 2.24. The lowest BCUT2D eigenvalue weighted by Gasteiger charge is -2.32. The van der Waals surface area contributed by atoms with Gasteiger partial charge in [0.15, 0.2) is 0 Å². The summed E-state index contributed by atoms with van der Waals surface area (Å²) in [6.45, 7) is 6.35. The van der Waals surface area contributed by atoms with Crippen molar-refractivity contribution in [1.29, 1.82) is 0 Å². The van der Waals surface area contributed by atoms with Gasteiger partial charge < -0.3 is 24.7 Å². The standard InChI is InChI=1S/C33H44N4O7/c1-33(2,3)29(32(41)34-4)35-30(39)25(13-9-10-18-43-20-22-11-7-6-8-12-22)28(31(40)36-42)44-21-23-14-16-26-24(19-23)15-17-27(38)37(26)5/h6-8,11-12,14-17,19,25,28-29,42H,9-10,13,18,20-21H2,1-5H3,(H,34,41)(H,35,39)(H,36,40)/t25-,28-,29+/m0/s1. The van der Waals surface area contributed by atoms with Gasteiger partial charge in [-0.2, -0.15) is 0 Å². The van der Waals surface area contributed by atoms with Crippen molar-refractivity contribution in [3.05, 3.63) is 82.1 Å². The van der Waals surface area contributed by atoms with Crippen LogP contribution in [0.5, 0.6) is 0 Å². The number of aryl methyl sites for hydroxylation is 1. The molecular weight excluding hydrogens is 564 g/mol. The molecule has 0 fully saturated rings. The van der Waals surface area contributed by atoms with E-state index in [1.54, 1.807) is 30.7 Å². The SMILES string of the molecule is CNC(=O)[C@@H](NC(=O)[C@@H](CCCCOCc1ccccc1)[C@H](OCc1ccc2c(ccc(=O)n2C)c1)C(=O)NO)C(C)(C)C. The van der Waals surface area contributed by atoms with Crippen molar-refractivity contribution in [3.63, 3.8) is 0 Å². The smallest absolute Gasteiger partial charge is 0.273 e. The van der Waals surface area contributed by atoms with Crippen LogP contribution in [0.25, 0.3) is 10.9 Å². The molecule has 0 bridgehead atoms. The summed E-state index contributed by atoms with van der Waals surface area (Å²) in [6, 6.07) is 17.5. The van der Waals surface area contributed by atoms with E-state index in [1.165, 1.54) is 17.7 Å². The number of likely N-dealkylation sites (N-methyl/N-ethyl adjacent to an activating group) is 1. The molecule has 0 saturated carbocycles. The molecule has 4 N–H and O–H groups in total. The predicted octanol–water partition coefficient (Wildman–Crippen LogP) is 3.21. The van der Waals surface area contributed by atoms with E-state index in [9.17, 15) is 24.4 Å². The molecule has 3 rings (SSSR count). The maximum absolute atomic E-state index is 13.7. The van der Waals surface area contributed by atoms with E-state index in [4.69, 9.17) is 9.47 Å². The van der Waals surface area contributed by atoms with Gasteiger partial charge in [0.05, 0.1) is 24.6 Å². The normalized spacial score (nSPS) is 13.6. The molecule has 44 heavy (non-hydrogen) atoms. The Hall–Kier alpha value is -4.06. The number of fused-ring (bicyclic) bond motifs is 1. The van der Waals surface area contributed by atoms with Gasteiger partial charge in [-0.05, 0) is 53.0 Å². The Kier molecular flexibility index (Phi) is 12.6. The van der Waals surface area contributed by atoms with Crippen LogP contribution < -0.4 is 21.7 Å². The summed E-state index contributed by atoms with van der Waals surface area (Å²) in [4.78, 5) is 51.3. The maximum Gasteiger partial charge on any atom is 0.273 e. The molecule has 0 aliphatic carbocycles. The van der Waals surface area contributed by atoms with Crippen molar-refractivity contribution in [2.45, 2.75) is 65.4 Å². The quantitative estimate of drug-likeness (QED) is 0.118. The molecule has 0 unspecified atom stereocenters. The Morgan fingerprint density at radius 2 is 1.64 bits per heavy atom. The van der Waals surface area contributed by atoms with Crippen molar-refractivity contribution >= 4 is 28.6 Å². The Morgan fingerprint density at radius 1 is 0.909 bits per heavy atom. The first-order valence-electron chi connectivity index (χ1n) is 14.7. The number of hydrogen-bond acceptors (Lipinski definition) is 7. The van der Waals surface area contributed by atoms with Crippen LogP contribution in [-0.2, 0) is 44.1 Å². The number of amides is 3. The van der Waals surface area contributed by atoms with E-state index in [2.05, 4.69) is 10.6 Å². The number of rotatable bonds is 15. The summed E-state index contributed by atoms with van der Waals surface area (Å²) < 4.78 is 13.3. The van der Waals surface area contributed by atoms with Gasteiger partial charge in [-0.25, -0.2) is 5.48 Å². The molecule has 0 aliphatic rings. The Morgan fingerprint density at radius 3 is 2.30 bits per heavy atom. The molecule has 0 spiro atoms. The number of ether oxygens (including phenoxy) is 2. The van der Waals surface area contributed by atoms with Crippen LogP contribution in [0.15, 0.2) is 65.5 Å². The molecule has 0 radical (unpaired) electrons. The molecule has 3 atom stereocenters. The number of benzene rings is 2. The minimum Gasteiger partial charge on any atom is -0.377 e. The lowest BCUT2D eigenvalue weighted by Crippen LogP contribution is -2.56. The molecule has 0 saturated heterocycles. The number of nitrogens with zero attached hydrogens (tertiary/aromatic N) is 1. The third-order valence-corrected chi connectivity index (χ3v) is 7.52. The highest BCUT2D eigenvalue weighted by Gasteiger charge is 2.39. The van der Waals surface area contributed by atoms with E-state index in [1.807, 2.05) is 57.2 Å². The third-order valence-electron chi connectivity index (χ3n) is 7.52. The largest absolute Gasteiger partial charge is 0.377 e. The first-order valence-corrected chi connectivity index (χ1v) is 14.7. The lowest BCUT2D eigenvalue weighted by atomic mass is 9.85. The van der Waals surface area contributed by atoms with Crippen LogP contribution in [-0.4, -0.2) is 53.3 Å². The van der Waals surface area contributed by atoms with Gasteiger partial charge >= 0.3 is 0 Å². The van der Waals surface area contributed by atoms with Crippen LogP contribution >= 0.6 is 0 Å². The molecule has 0 aliphatic heterocycles. The number of hydrogen-bond donors (Lipinski definition) is 4. The number of nitrogens with one attached hydrogen (secondary N) is 3. The van der Waals surface area contributed by atoms with Crippen LogP contribution in [0.3, 0.4) is 0 Å². The minimum absolute atomic E-state index is 0.0427. The summed E-state index contributed by atoms with van der Waals surface area (Å²) >= 11 is 0. The number of unbranched alkanes of at least 4 members (excludes halogenated alkanes) is 1. The summed E-state index contributed by atoms with van der Waals surface area (Å²) in [5.74, 6) is -2.80. The number of carbonyl (C=O) groups excluding carboxylic acids is 3. The molecule has 1 aromatic heterocycles. The number of aromatic nitrogens is 1. The number of carbonyl (C=O) groups is 3. The highest BCUT2D eigenvalue weighted by atomic mass is 16.5. The highest BCUT2D eigenvalue weighted by molar-refractivity contribution is 5.92. The van der Waals surface area contributed by atoms with Crippen molar-refractivity contribution in [2.24, 2.45) is 18.4 Å². The average Bonchev–Trinajstić information content (AvgIpc) is 3.01. The fourth-order valence-corrected chi connectivity index (χ4v) is 4.97. The number of hydroxylamine groups is 1. The monoisotopic (exact) mass is 608 g/mol. The van der Waals surface area contributed by atoms with Gasteiger partial charge in [-0.15, -0.1) is 0 Å². The second-order valence-electron chi connectivity index (χ2n) is 11.9. The van der Waals surface area contributed by atoms with Gasteiger partial charge in [0.2, 0.25) is 11.8 Å². The molecule has 3 aromatic rings. The zero-order valence-electron chi connectivity index (χ0n) is 26.1. The van der Waals surface area contributed by atoms with E-state index >= 15 is 0 Å². The topological polar surface area (TPSA) is 148 Å². The lowest BCUT2D eigenvalue weighted by molar-refractivity contribution is -0.153. The predicted molar refractivity (Wildman–Crippen MR) is 167 cm³/mol. The fourth-order valence-electron chi connectivity index (χ4n) is 4.97. The van der Waals surface area contributed by atoms with Crippen LogP contribution in [0, 0.1) is 11.3 Å². The van der Waals surface area contributed by atoms with Gasteiger partial charge in [-0.1, -0.05) is 63.6 Å². The molecule has 3 amide bonds. The minimum atomic E-state index is -1.36. The van der Waals surface area contributed by atoms with E-state index in [0.29, 0.717) is 31.6 Å². The maximum atomic E-state index is 13.7. The first-order chi connectivity index (χ1) is 21.0. The van der Waals surface area contributed by atoms with Gasteiger partial charge in [-0.3, -0.25) is 24.4 Å². The van der Waals surface area contributed by atoms with Crippen molar-refractivity contribution in [3.8, 4) is 0 Å². The van der Waals surface area contributed by atoms with Crippen LogP contribution in [0.2, 0.25) is 0 Å². The Labute approximate surface area is 257 Å². The van der Waals surface area contributed by atoms with Crippen LogP contribution in [0.1, 0.15) is 51.2 Å². The van der Waals surface area contributed by atoms with Crippen LogP contribution in [0.4, 0.5) is 0 Å². The number of pyridine rings is 1. The molecule has 11 nitrogen and oxygen atoms in total. The first kappa shape index (κ1) is 34.4. The molecule has 1 heterocycles. The van der Waals surface area contributed by atoms with Crippen molar-refractivity contribution in [1.82, 2.24) is 20.7 Å². The van der Waals surface area contributed by atoms with Crippen molar-refractivity contribution < 1.29 is 29.1 Å². The summed E-state index contributed by atoms with van der Waals surface area (Å²) in [6.07, 6.45) is 0.0240. The van der Waals surface area contributed by atoms with E-state index in [0.717, 1.165) is 16.5 Å². The molecule has 11 heteroatoms. The average molecular weight is 609 g/mol. The third kappa shape index (κ3) is 9.47. The second kappa shape index (κ2) is 16.1. The van der Waals surface area contributed by atoms with E-state index < -0.39 is 35.3 Å². The summed E-state index contributed by atoms with van der Waals surface area (Å²) in [7, 11) is 3.18. The molecule has 238 valence electrons. The molecular formula is C33H44N4O7. The van der Waals surface area contributed by atoms with E-state index in [-0.39, 0.29) is 24.5 Å². The zero-order valence-corrected chi connectivity index (χ0v) is 26.1.